The minimum Gasteiger partial charge on any atom is -0.338 e. The van der Waals surface area contributed by atoms with Crippen LogP contribution in [0.25, 0.3) is 0 Å². The van der Waals surface area contributed by atoms with Crippen LogP contribution in [0.5, 0.6) is 0 Å². The van der Waals surface area contributed by atoms with Gasteiger partial charge in [-0.3, -0.25) is 0 Å². The number of amides is 2. The summed E-state index contributed by atoms with van der Waals surface area (Å²) >= 11 is 0. The van der Waals surface area contributed by atoms with Crippen LogP contribution in [0.1, 0.15) is 58.9 Å². The maximum atomic E-state index is 12.8. The van der Waals surface area contributed by atoms with E-state index < -0.39 is 0 Å². The van der Waals surface area contributed by atoms with Crippen molar-refractivity contribution in [1.29, 1.82) is 0 Å². The first-order chi connectivity index (χ1) is 12.8. The standard InChI is InChI=1S/C24H36N2O/c1-16(2)20-13-21-23(3)14-18(20)12-19(15-23)24(21,4)26-22(27)25-11-10-17-8-6-5-7-9-17/h5-9,16,18-21H,10-15H2,1-4H3,(H2,25,26,27)/t18-,19?,20+,21+,23+,24?/m1/s1. The van der Waals surface area contributed by atoms with Crippen molar-refractivity contribution in [3.8, 4) is 0 Å². The average molecular weight is 369 g/mol. The van der Waals surface area contributed by atoms with Gasteiger partial charge in [0.25, 0.3) is 0 Å². The molecule has 3 nitrogen and oxygen atoms in total. The first-order valence-electron chi connectivity index (χ1n) is 10.9. The predicted octanol–water partition coefficient (Wildman–Crippen LogP) is 5.02. The summed E-state index contributed by atoms with van der Waals surface area (Å²) in [4.78, 5) is 12.8. The van der Waals surface area contributed by atoms with Crippen LogP contribution in [-0.4, -0.2) is 18.1 Å². The molecule has 0 spiro atoms. The summed E-state index contributed by atoms with van der Waals surface area (Å²) in [6.07, 6.45) is 6.13. The van der Waals surface area contributed by atoms with Crippen molar-refractivity contribution in [3.63, 3.8) is 0 Å². The molecule has 6 atom stereocenters. The molecule has 2 amide bonds. The molecule has 2 N–H and O–H groups in total. The molecule has 0 heterocycles. The number of benzene rings is 1. The summed E-state index contributed by atoms with van der Waals surface area (Å²) < 4.78 is 0. The lowest BCUT2D eigenvalue weighted by Crippen LogP contribution is -2.57. The number of fused-ring (bicyclic) bond motifs is 2. The molecule has 0 aliphatic heterocycles. The highest BCUT2D eigenvalue weighted by atomic mass is 16.2. The highest BCUT2D eigenvalue weighted by molar-refractivity contribution is 5.75. The van der Waals surface area contributed by atoms with Gasteiger partial charge in [0, 0.05) is 12.1 Å². The van der Waals surface area contributed by atoms with Crippen LogP contribution in [0.3, 0.4) is 0 Å². The smallest absolute Gasteiger partial charge is 0.315 e. The summed E-state index contributed by atoms with van der Waals surface area (Å²) in [5, 5.41) is 6.59. The Morgan fingerprint density at radius 2 is 1.89 bits per heavy atom. The number of carbonyl (C=O) groups is 1. The van der Waals surface area contributed by atoms with Gasteiger partial charge in [-0.15, -0.1) is 0 Å². The van der Waals surface area contributed by atoms with Gasteiger partial charge >= 0.3 is 6.03 Å². The summed E-state index contributed by atoms with van der Waals surface area (Å²) in [6.45, 7) is 10.3. The largest absolute Gasteiger partial charge is 0.338 e. The molecule has 3 bridgehead atoms. The van der Waals surface area contributed by atoms with E-state index in [1.54, 1.807) is 0 Å². The lowest BCUT2D eigenvalue weighted by Gasteiger charge is -2.49. The molecular formula is C24H36N2O. The molecular weight excluding hydrogens is 332 g/mol. The summed E-state index contributed by atoms with van der Waals surface area (Å²) in [7, 11) is 0. The third-order valence-electron chi connectivity index (χ3n) is 8.34. The summed E-state index contributed by atoms with van der Waals surface area (Å²) in [5.74, 6) is 3.68. The molecule has 0 saturated heterocycles. The SMILES string of the molecule is CC(C)[C@@H]1C[C@@H]2C(C)(NC(=O)NCCc3ccccc3)C3C[C@@H]1C[C@@]2(C)C3. The van der Waals surface area contributed by atoms with E-state index in [4.69, 9.17) is 0 Å². The Hall–Kier alpha value is -1.51. The van der Waals surface area contributed by atoms with E-state index >= 15 is 0 Å². The number of nitrogens with one attached hydrogen (secondary N) is 2. The van der Waals surface area contributed by atoms with E-state index in [-0.39, 0.29) is 11.6 Å². The first kappa shape index (κ1) is 18.8. The van der Waals surface area contributed by atoms with E-state index in [0.29, 0.717) is 23.8 Å². The van der Waals surface area contributed by atoms with Gasteiger partial charge < -0.3 is 10.6 Å². The van der Waals surface area contributed by atoms with Crippen LogP contribution in [0.2, 0.25) is 0 Å². The van der Waals surface area contributed by atoms with Crippen molar-refractivity contribution in [2.75, 3.05) is 6.54 Å². The fourth-order valence-electron chi connectivity index (χ4n) is 7.11. The van der Waals surface area contributed by atoms with Gasteiger partial charge in [-0.05, 0) is 79.6 Å². The molecule has 4 rings (SSSR count). The zero-order chi connectivity index (χ0) is 19.2. The zero-order valence-electron chi connectivity index (χ0n) is 17.4. The van der Waals surface area contributed by atoms with Crippen molar-refractivity contribution < 1.29 is 4.79 Å². The summed E-state index contributed by atoms with van der Waals surface area (Å²) in [5.41, 5.74) is 1.64. The number of hydrogen-bond donors (Lipinski definition) is 2. The van der Waals surface area contributed by atoms with Gasteiger partial charge in [0.1, 0.15) is 0 Å². The monoisotopic (exact) mass is 368 g/mol. The highest BCUT2D eigenvalue weighted by Crippen LogP contribution is 2.68. The van der Waals surface area contributed by atoms with Gasteiger partial charge in [-0.2, -0.15) is 0 Å². The topological polar surface area (TPSA) is 41.1 Å². The maximum Gasteiger partial charge on any atom is 0.315 e. The predicted molar refractivity (Wildman–Crippen MR) is 110 cm³/mol. The van der Waals surface area contributed by atoms with Crippen molar-refractivity contribution >= 4 is 6.03 Å². The second kappa shape index (κ2) is 6.83. The van der Waals surface area contributed by atoms with Gasteiger partial charge in [0.15, 0.2) is 0 Å². The molecule has 27 heavy (non-hydrogen) atoms. The van der Waals surface area contributed by atoms with Crippen molar-refractivity contribution in [2.24, 2.45) is 35.0 Å². The molecule has 3 aliphatic rings. The maximum absolute atomic E-state index is 12.8. The quantitative estimate of drug-likeness (QED) is 0.753. The van der Waals surface area contributed by atoms with Gasteiger partial charge in [0.2, 0.25) is 0 Å². The molecule has 3 heteroatoms. The number of urea groups is 1. The summed E-state index contributed by atoms with van der Waals surface area (Å²) in [6, 6.07) is 10.4. The van der Waals surface area contributed by atoms with Gasteiger partial charge in [-0.25, -0.2) is 4.79 Å². The normalized spacial score (nSPS) is 39.6. The average Bonchev–Trinajstić information content (AvgIpc) is 2.69. The van der Waals surface area contributed by atoms with Crippen LogP contribution < -0.4 is 10.6 Å². The Bertz CT molecular complexity index is 687. The van der Waals surface area contributed by atoms with E-state index in [9.17, 15) is 4.79 Å². The van der Waals surface area contributed by atoms with Crippen LogP contribution in [0, 0.1) is 35.0 Å². The Morgan fingerprint density at radius 3 is 2.59 bits per heavy atom. The lowest BCUT2D eigenvalue weighted by atomic mass is 9.56. The van der Waals surface area contributed by atoms with Crippen molar-refractivity contribution in [2.45, 2.75) is 65.3 Å². The molecule has 1 aromatic rings. The second-order valence-corrected chi connectivity index (χ2v) is 10.4. The Labute approximate surface area is 164 Å². The van der Waals surface area contributed by atoms with Gasteiger partial charge in [-0.1, -0.05) is 51.1 Å². The minimum absolute atomic E-state index is 0.0223. The number of rotatable bonds is 5. The van der Waals surface area contributed by atoms with Crippen LogP contribution in [0.15, 0.2) is 30.3 Å². The molecule has 0 radical (unpaired) electrons. The van der Waals surface area contributed by atoms with E-state index in [0.717, 1.165) is 24.2 Å². The molecule has 3 saturated carbocycles. The van der Waals surface area contributed by atoms with E-state index in [2.05, 4.69) is 62.6 Å². The molecule has 3 aliphatic carbocycles. The highest BCUT2D eigenvalue weighted by Gasteiger charge is 2.65. The van der Waals surface area contributed by atoms with Crippen LogP contribution in [-0.2, 0) is 6.42 Å². The Morgan fingerprint density at radius 1 is 1.15 bits per heavy atom. The number of hydrogen-bond acceptors (Lipinski definition) is 1. The van der Waals surface area contributed by atoms with Gasteiger partial charge in [0.05, 0.1) is 0 Å². The molecule has 2 unspecified atom stereocenters. The van der Waals surface area contributed by atoms with Crippen molar-refractivity contribution in [3.05, 3.63) is 35.9 Å². The fourth-order valence-corrected chi connectivity index (χ4v) is 7.11. The molecule has 0 aromatic heterocycles. The second-order valence-electron chi connectivity index (χ2n) is 10.4. The molecule has 1 aromatic carbocycles. The van der Waals surface area contributed by atoms with E-state index in [1.165, 1.54) is 31.2 Å². The van der Waals surface area contributed by atoms with Crippen LogP contribution >= 0.6 is 0 Å². The van der Waals surface area contributed by atoms with Crippen molar-refractivity contribution in [1.82, 2.24) is 10.6 Å². The zero-order valence-corrected chi connectivity index (χ0v) is 17.4. The Balaban J connectivity index is 1.41. The van der Waals surface area contributed by atoms with Crippen LogP contribution in [0.4, 0.5) is 4.79 Å². The fraction of sp³-hybridized carbons (Fsp3) is 0.708. The minimum atomic E-state index is -0.0516. The number of carbonyl (C=O) groups excluding carboxylic acids is 1. The first-order valence-corrected chi connectivity index (χ1v) is 10.9. The lowest BCUT2D eigenvalue weighted by molar-refractivity contribution is 0.00854. The third-order valence-corrected chi connectivity index (χ3v) is 8.34. The Kier molecular flexibility index (Phi) is 4.76. The van der Waals surface area contributed by atoms with E-state index in [1.807, 2.05) is 6.07 Å². The molecule has 148 valence electrons. The molecule has 3 fully saturated rings. The third kappa shape index (κ3) is 3.28.